The molecular formula is C30H30N6O3S. The lowest BCUT2D eigenvalue weighted by molar-refractivity contribution is 0.0943. The van der Waals surface area contributed by atoms with Crippen molar-refractivity contribution in [1.29, 1.82) is 0 Å². The summed E-state index contributed by atoms with van der Waals surface area (Å²) in [5.74, 6) is 1.23. The van der Waals surface area contributed by atoms with Crippen molar-refractivity contribution in [3.05, 3.63) is 83.4 Å². The minimum Gasteiger partial charge on any atom is -0.457 e. The third-order valence-electron chi connectivity index (χ3n) is 7.11. The van der Waals surface area contributed by atoms with Gasteiger partial charge in [-0.05, 0) is 55.3 Å². The fourth-order valence-corrected chi connectivity index (χ4v) is 6.26. The number of ether oxygens (including phenoxy) is 1. The number of likely N-dealkylation sites (tertiary alicyclic amines) is 1. The van der Waals surface area contributed by atoms with E-state index in [4.69, 9.17) is 10.5 Å². The maximum absolute atomic E-state index is 13.5. The van der Waals surface area contributed by atoms with Crippen molar-refractivity contribution in [3.63, 3.8) is 0 Å². The molecule has 40 heavy (non-hydrogen) atoms. The van der Waals surface area contributed by atoms with Crippen LogP contribution in [0.5, 0.6) is 11.5 Å². The van der Waals surface area contributed by atoms with E-state index >= 15 is 0 Å². The van der Waals surface area contributed by atoms with Crippen LogP contribution in [-0.2, 0) is 0 Å². The zero-order chi connectivity index (χ0) is 27.6. The highest BCUT2D eigenvalue weighted by molar-refractivity contribution is 7.21. The average molecular weight is 555 g/mol. The smallest absolute Gasteiger partial charge is 0.331 e. The first-order valence-corrected chi connectivity index (χ1v) is 14.1. The molecule has 9 nitrogen and oxygen atoms in total. The van der Waals surface area contributed by atoms with Crippen molar-refractivity contribution in [2.75, 3.05) is 36.4 Å². The highest BCUT2D eigenvalue weighted by Gasteiger charge is 2.34. The summed E-state index contributed by atoms with van der Waals surface area (Å²) in [6.07, 6.45) is 6.55. The molecule has 4 heterocycles. The number of rotatable bonds is 8. The monoisotopic (exact) mass is 554 g/mol. The lowest BCUT2D eigenvalue weighted by Crippen LogP contribution is -2.38. The Hall–Kier alpha value is -4.25. The first-order chi connectivity index (χ1) is 19.5. The van der Waals surface area contributed by atoms with Crippen LogP contribution in [0.3, 0.4) is 0 Å². The van der Waals surface area contributed by atoms with Crippen LogP contribution < -0.4 is 26.0 Å². The second-order valence-electron chi connectivity index (χ2n) is 9.87. The summed E-state index contributed by atoms with van der Waals surface area (Å²) in [4.78, 5) is 36.5. The van der Waals surface area contributed by atoms with Gasteiger partial charge in [0.1, 0.15) is 21.2 Å². The molecule has 4 aromatic rings. The number of urea groups is 1. The van der Waals surface area contributed by atoms with Gasteiger partial charge < -0.3 is 21.1 Å². The number of aromatic nitrogens is 1. The van der Waals surface area contributed by atoms with E-state index < -0.39 is 0 Å². The molecular weight excluding hydrogens is 524 g/mol. The van der Waals surface area contributed by atoms with Gasteiger partial charge in [-0.25, -0.2) is 9.78 Å². The van der Waals surface area contributed by atoms with Gasteiger partial charge in [-0.3, -0.25) is 14.6 Å². The summed E-state index contributed by atoms with van der Waals surface area (Å²) in [6.45, 7) is 4.96. The van der Waals surface area contributed by atoms with Crippen molar-refractivity contribution < 1.29 is 14.3 Å². The summed E-state index contributed by atoms with van der Waals surface area (Å²) in [5.41, 5.74) is 8.34. The van der Waals surface area contributed by atoms with Crippen LogP contribution in [0.4, 0.5) is 21.9 Å². The van der Waals surface area contributed by atoms with Crippen LogP contribution in [0, 0.1) is 6.92 Å². The molecule has 0 bridgehead atoms. The van der Waals surface area contributed by atoms with E-state index in [2.05, 4.69) is 26.6 Å². The molecule has 204 valence electrons. The highest BCUT2D eigenvalue weighted by Crippen LogP contribution is 2.46. The van der Waals surface area contributed by atoms with Crippen LogP contribution in [0.2, 0.25) is 0 Å². The maximum Gasteiger partial charge on any atom is 0.331 e. The molecule has 3 amide bonds. The van der Waals surface area contributed by atoms with Crippen LogP contribution >= 0.6 is 11.3 Å². The Kier molecular flexibility index (Phi) is 7.21. The second kappa shape index (κ2) is 11.1. The van der Waals surface area contributed by atoms with E-state index in [1.807, 2.05) is 67.6 Å². The number of nitrogens with two attached hydrogens (primary N) is 1. The van der Waals surface area contributed by atoms with E-state index in [9.17, 15) is 9.59 Å². The van der Waals surface area contributed by atoms with Crippen molar-refractivity contribution >= 4 is 50.6 Å². The molecule has 1 unspecified atom stereocenters. The van der Waals surface area contributed by atoms with Gasteiger partial charge >= 0.3 is 6.03 Å². The number of hydrogen-bond acceptors (Lipinski definition) is 7. The van der Waals surface area contributed by atoms with Crippen molar-refractivity contribution in [2.24, 2.45) is 5.73 Å². The lowest BCUT2D eigenvalue weighted by atomic mass is 10.1. The quantitative estimate of drug-likeness (QED) is 0.252. The number of thiophene rings is 1. The number of nitrogens with one attached hydrogen (secondary N) is 2. The maximum atomic E-state index is 13.5. The molecule has 1 saturated heterocycles. The number of carbonyl (C=O) groups is 2. The summed E-state index contributed by atoms with van der Waals surface area (Å²) < 4.78 is 5.97. The summed E-state index contributed by atoms with van der Waals surface area (Å²) >= 11 is 1.30. The van der Waals surface area contributed by atoms with E-state index in [1.165, 1.54) is 11.3 Å². The van der Waals surface area contributed by atoms with Crippen LogP contribution in [0.1, 0.15) is 21.7 Å². The lowest BCUT2D eigenvalue weighted by Gasteiger charge is -2.29. The Balaban J connectivity index is 1.25. The minimum absolute atomic E-state index is 0.0404. The van der Waals surface area contributed by atoms with Gasteiger partial charge in [-0.2, -0.15) is 0 Å². The molecule has 2 aromatic carbocycles. The number of pyridine rings is 1. The molecule has 2 aliphatic rings. The number of benzene rings is 2. The topological polar surface area (TPSA) is 113 Å². The molecule has 0 radical (unpaired) electrons. The predicted octanol–water partition coefficient (Wildman–Crippen LogP) is 5.40. The zero-order valence-corrected chi connectivity index (χ0v) is 22.9. The normalized spacial score (nSPS) is 17.0. The third-order valence-corrected chi connectivity index (χ3v) is 8.21. The number of hydrogen-bond donors (Lipinski definition) is 3. The summed E-state index contributed by atoms with van der Waals surface area (Å²) in [6, 6.07) is 16.7. The van der Waals surface area contributed by atoms with Crippen molar-refractivity contribution in [1.82, 2.24) is 15.2 Å². The Morgan fingerprint density at radius 1 is 1.18 bits per heavy atom. The fraction of sp³-hybridized carbons (Fsp3) is 0.233. The molecule has 2 aromatic heterocycles. The molecule has 2 aliphatic heterocycles. The number of aryl methyl sites for hydroxylation is 1. The number of amides is 3. The number of para-hydroxylation sites is 1. The Labute approximate surface area is 236 Å². The van der Waals surface area contributed by atoms with Gasteiger partial charge in [-0.1, -0.05) is 30.4 Å². The molecule has 1 atom stereocenters. The van der Waals surface area contributed by atoms with E-state index in [-0.39, 0.29) is 18.0 Å². The van der Waals surface area contributed by atoms with Crippen LogP contribution in [0.15, 0.2) is 72.9 Å². The Morgan fingerprint density at radius 2 is 2.02 bits per heavy atom. The molecule has 0 spiro atoms. The summed E-state index contributed by atoms with van der Waals surface area (Å²) in [7, 11) is 0. The first-order valence-electron chi connectivity index (χ1n) is 13.3. The van der Waals surface area contributed by atoms with E-state index in [0.717, 1.165) is 48.4 Å². The number of carbonyl (C=O) groups excluding carboxylic acids is 2. The van der Waals surface area contributed by atoms with E-state index in [1.54, 1.807) is 11.1 Å². The molecule has 4 N–H and O–H groups in total. The van der Waals surface area contributed by atoms with Gasteiger partial charge in [-0.15, -0.1) is 11.3 Å². The predicted molar refractivity (Wildman–Crippen MR) is 159 cm³/mol. The SMILES string of the molecule is Cc1cc(Oc2ccccc2)ccc1N1C(=O)Nc2c(C(=O)NC3CCN(CC=CCN)C3)sc3nccc1c23. The molecule has 1 fully saturated rings. The Morgan fingerprint density at radius 3 is 2.83 bits per heavy atom. The van der Waals surface area contributed by atoms with Gasteiger partial charge in [0.05, 0.1) is 22.4 Å². The zero-order valence-electron chi connectivity index (χ0n) is 22.1. The molecule has 0 aliphatic carbocycles. The molecule has 10 heteroatoms. The largest absolute Gasteiger partial charge is 0.457 e. The average Bonchev–Trinajstić information content (AvgIpc) is 3.55. The standard InChI is InChI=1S/C30H30N6O3S/c1-19-17-22(39-21-7-3-2-4-8-21)9-10-23(19)36-24-11-14-32-29-25(24)26(34-30(36)38)27(40-29)28(37)33-20-12-16-35(18-20)15-6-5-13-31/h2-11,14,17,20H,12-13,15-16,18,31H2,1H3,(H,33,37)(H,34,38). The number of anilines is 3. The number of nitrogens with zero attached hydrogens (tertiary/aromatic N) is 3. The van der Waals surface area contributed by atoms with Crippen molar-refractivity contribution in [2.45, 2.75) is 19.4 Å². The molecule has 6 rings (SSSR count). The minimum atomic E-state index is -0.328. The third kappa shape index (κ3) is 5.04. The van der Waals surface area contributed by atoms with Gasteiger partial charge in [0.2, 0.25) is 0 Å². The fourth-order valence-electron chi connectivity index (χ4n) is 5.24. The van der Waals surface area contributed by atoms with Gasteiger partial charge in [0, 0.05) is 38.4 Å². The first kappa shape index (κ1) is 26.0. The van der Waals surface area contributed by atoms with Gasteiger partial charge in [0.25, 0.3) is 5.91 Å². The van der Waals surface area contributed by atoms with Gasteiger partial charge in [0.15, 0.2) is 0 Å². The highest BCUT2D eigenvalue weighted by atomic mass is 32.1. The molecule has 0 saturated carbocycles. The Bertz CT molecular complexity index is 1600. The van der Waals surface area contributed by atoms with Crippen LogP contribution in [-0.4, -0.2) is 54.0 Å². The van der Waals surface area contributed by atoms with E-state index in [0.29, 0.717) is 33.4 Å². The van der Waals surface area contributed by atoms with Crippen molar-refractivity contribution in [3.8, 4) is 11.5 Å². The summed E-state index contributed by atoms with van der Waals surface area (Å²) in [5, 5.41) is 6.91. The van der Waals surface area contributed by atoms with Crippen LogP contribution in [0.25, 0.3) is 10.2 Å². The second-order valence-corrected chi connectivity index (χ2v) is 10.9.